The first-order chi connectivity index (χ1) is 9.76. The maximum atomic E-state index is 3.54. The molecule has 1 nitrogen and oxygen atoms in total. The summed E-state index contributed by atoms with van der Waals surface area (Å²) in [6.07, 6.45) is 1.00. The van der Waals surface area contributed by atoms with E-state index in [2.05, 4.69) is 75.2 Å². The maximum Gasteiger partial charge on any atom is 0.0701 e. The second kappa shape index (κ2) is 6.08. The molecule has 102 valence electrons. The van der Waals surface area contributed by atoms with E-state index in [1.165, 1.54) is 25.7 Å². The van der Waals surface area contributed by atoms with E-state index < -0.39 is 0 Å². The standard InChI is InChI=1S/C17H16BrNS/c1-19-16(15-10-17(18)20-11-15)9-12-6-7-13-4-2-3-5-14(13)8-12/h2-8,10-11,16,19H,9H2,1H3. The predicted octanol–water partition coefficient (Wildman–Crippen LogP) is 5.17. The first-order valence-corrected chi connectivity index (χ1v) is 8.32. The van der Waals surface area contributed by atoms with Gasteiger partial charge in [0.05, 0.1) is 3.79 Å². The average molecular weight is 346 g/mol. The number of fused-ring (bicyclic) bond motifs is 1. The van der Waals surface area contributed by atoms with Gasteiger partial charge in [-0.05, 0) is 62.7 Å². The lowest BCUT2D eigenvalue weighted by Crippen LogP contribution is -2.18. The Morgan fingerprint density at radius 2 is 1.90 bits per heavy atom. The Labute approximate surface area is 131 Å². The van der Waals surface area contributed by atoms with Crippen LogP contribution in [-0.4, -0.2) is 7.05 Å². The van der Waals surface area contributed by atoms with Gasteiger partial charge in [0.15, 0.2) is 0 Å². The number of thiophene rings is 1. The second-order valence-corrected chi connectivity index (χ2v) is 7.20. The van der Waals surface area contributed by atoms with Gasteiger partial charge < -0.3 is 5.32 Å². The van der Waals surface area contributed by atoms with Crippen LogP contribution in [0.25, 0.3) is 10.8 Å². The lowest BCUT2D eigenvalue weighted by molar-refractivity contribution is 0.594. The molecule has 0 saturated carbocycles. The quantitative estimate of drug-likeness (QED) is 0.687. The highest BCUT2D eigenvalue weighted by Gasteiger charge is 2.12. The highest BCUT2D eigenvalue weighted by atomic mass is 79.9. The molecule has 2 aromatic carbocycles. The Bertz CT molecular complexity index is 720. The van der Waals surface area contributed by atoms with Gasteiger partial charge >= 0.3 is 0 Å². The Morgan fingerprint density at radius 1 is 1.10 bits per heavy atom. The van der Waals surface area contributed by atoms with Crippen molar-refractivity contribution in [2.45, 2.75) is 12.5 Å². The summed E-state index contributed by atoms with van der Waals surface area (Å²) < 4.78 is 1.19. The third-order valence-electron chi connectivity index (χ3n) is 3.59. The smallest absolute Gasteiger partial charge is 0.0701 e. The molecule has 20 heavy (non-hydrogen) atoms. The number of hydrogen-bond donors (Lipinski definition) is 1. The monoisotopic (exact) mass is 345 g/mol. The minimum Gasteiger partial charge on any atom is -0.313 e. The summed E-state index contributed by atoms with van der Waals surface area (Å²) in [5.41, 5.74) is 2.71. The molecule has 0 fully saturated rings. The van der Waals surface area contributed by atoms with Gasteiger partial charge in [-0.1, -0.05) is 42.5 Å². The van der Waals surface area contributed by atoms with E-state index >= 15 is 0 Å². The number of benzene rings is 2. The fraction of sp³-hybridized carbons (Fsp3) is 0.176. The number of nitrogens with one attached hydrogen (secondary N) is 1. The largest absolute Gasteiger partial charge is 0.313 e. The molecule has 0 saturated heterocycles. The Hall–Kier alpha value is -1.16. The van der Waals surface area contributed by atoms with Gasteiger partial charge in [0, 0.05) is 6.04 Å². The Balaban J connectivity index is 1.87. The van der Waals surface area contributed by atoms with Crippen LogP contribution in [0.3, 0.4) is 0 Å². The molecule has 0 amide bonds. The lowest BCUT2D eigenvalue weighted by atomic mass is 9.99. The first kappa shape index (κ1) is 13.8. The van der Waals surface area contributed by atoms with Gasteiger partial charge in [0.2, 0.25) is 0 Å². The topological polar surface area (TPSA) is 12.0 Å². The van der Waals surface area contributed by atoms with Crippen molar-refractivity contribution < 1.29 is 0 Å². The molecule has 1 N–H and O–H groups in total. The Morgan fingerprint density at radius 3 is 2.60 bits per heavy atom. The fourth-order valence-electron chi connectivity index (χ4n) is 2.49. The molecule has 0 bridgehead atoms. The van der Waals surface area contributed by atoms with E-state index in [1.54, 1.807) is 11.3 Å². The molecule has 0 aliphatic heterocycles. The normalized spacial score (nSPS) is 12.7. The van der Waals surface area contributed by atoms with Crippen molar-refractivity contribution in [3.05, 3.63) is 68.8 Å². The third-order valence-corrected chi connectivity index (χ3v) is 5.11. The first-order valence-electron chi connectivity index (χ1n) is 6.65. The molecule has 0 radical (unpaired) electrons. The van der Waals surface area contributed by atoms with Crippen molar-refractivity contribution in [2.75, 3.05) is 7.05 Å². The minimum absolute atomic E-state index is 0.360. The van der Waals surface area contributed by atoms with Gasteiger partial charge in [-0.15, -0.1) is 11.3 Å². The van der Waals surface area contributed by atoms with E-state index in [9.17, 15) is 0 Å². The zero-order chi connectivity index (χ0) is 13.9. The minimum atomic E-state index is 0.360. The maximum absolute atomic E-state index is 3.54. The number of halogens is 1. The van der Waals surface area contributed by atoms with Crippen LogP contribution in [0.5, 0.6) is 0 Å². The van der Waals surface area contributed by atoms with Crippen LogP contribution >= 0.6 is 27.3 Å². The van der Waals surface area contributed by atoms with Crippen molar-refractivity contribution in [1.29, 1.82) is 0 Å². The fourth-order valence-corrected chi connectivity index (χ4v) is 3.72. The zero-order valence-electron chi connectivity index (χ0n) is 11.3. The molecule has 1 heterocycles. The van der Waals surface area contributed by atoms with Crippen LogP contribution in [0.1, 0.15) is 17.2 Å². The summed E-state index contributed by atoms with van der Waals surface area (Å²) in [6, 6.07) is 17.8. The molecule has 1 aromatic heterocycles. The summed E-state index contributed by atoms with van der Waals surface area (Å²) in [4.78, 5) is 0. The molecule has 0 aliphatic carbocycles. The molecule has 1 atom stereocenters. The van der Waals surface area contributed by atoms with Crippen LogP contribution < -0.4 is 5.32 Å². The van der Waals surface area contributed by atoms with E-state index in [4.69, 9.17) is 0 Å². The van der Waals surface area contributed by atoms with E-state index in [-0.39, 0.29) is 0 Å². The lowest BCUT2D eigenvalue weighted by Gasteiger charge is -2.15. The third kappa shape index (κ3) is 2.95. The number of hydrogen-bond acceptors (Lipinski definition) is 2. The molecule has 1 unspecified atom stereocenters. The van der Waals surface area contributed by atoms with Crippen LogP contribution in [-0.2, 0) is 6.42 Å². The number of likely N-dealkylation sites (N-methyl/N-ethyl adjacent to an activating group) is 1. The van der Waals surface area contributed by atoms with Gasteiger partial charge in [0.25, 0.3) is 0 Å². The average Bonchev–Trinajstić information content (AvgIpc) is 2.91. The van der Waals surface area contributed by atoms with Gasteiger partial charge in [-0.3, -0.25) is 0 Å². The number of rotatable bonds is 4. The van der Waals surface area contributed by atoms with E-state index in [1.807, 2.05) is 7.05 Å². The molecular formula is C17H16BrNS. The molecule has 0 aliphatic rings. The highest BCUT2D eigenvalue weighted by molar-refractivity contribution is 9.11. The summed E-state index contributed by atoms with van der Waals surface area (Å²) in [6.45, 7) is 0. The molecule has 0 spiro atoms. The molecular weight excluding hydrogens is 330 g/mol. The summed E-state index contributed by atoms with van der Waals surface area (Å²) in [7, 11) is 2.03. The van der Waals surface area contributed by atoms with Crippen molar-refractivity contribution >= 4 is 38.0 Å². The molecule has 3 heteroatoms. The van der Waals surface area contributed by atoms with Crippen LogP contribution in [0.15, 0.2) is 57.7 Å². The van der Waals surface area contributed by atoms with Crippen molar-refractivity contribution in [3.8, 4) is 0 Å². The summed E-state index contributed by atoms with van der Waals surface area (Å²) >= 11 is 5.28. The highest BCUT2D eigenvalue weighted by Crippen LogP contribution is 2.28. The SMILES string of the molecule is CNC(Cc1ccc2ccccc2c1)c1csc(Br)c1. The van der Waals surface area contributed by atoms with Gasteiger partial charge in [-0.25, -0.2) is 0 Å². The van der Waals surface area contributed by atoms with E-state index in [0.717, 1.165) is 6.42 Å². The van der Waals surface area contributed by atoms with Crippen LogP contribution in [0.4, 0.5) is 0 Å². The van der Waals surface area contributed by atoms with Crippen LogP contribution in [0, 0.1) is 0 Å². The zero-order valence-corrected chi connectivity index (χ0v) is 13.7. The van der Waals surface area contributed by atoms with Crippen molar-refractivity contribution in [1.82, 2.24) is 5.32 Å². The predicted molar refractivity (Wildman–Crippen MR) is 91.5 cm³/mol. The van der Waals surface area contributed by atoms with Gasteiger partial charge in [0.1, 0.15) is 0 Å². The van der Waals surface area contributed by atoms with Crippen LogP contribution in [0.2, 0.25) is 0 Å². The van der Waals surface area contributed by atoms with Crippen molar-refractivity contribution in [3.63, 3.8) is 0 Å². The van der Waals surface area contributed by atoms with Crippen molar-refractivity contribution in [2.24, 2.45) is 0 Å². The molecule has 3 rings (SSSR count). The second-order valence-electron chi connectivity index (χ2n) is 4.91. The Kier molecular flexibility index (Phi) is 4.20. The summed E-state index contributed by atoms with van der Waals surface area (Å²) in [5.74, 6) is 0. The summed E-state index contributed by atoms with van der Waals surface area (Å²) in [5, 5.41) is 8.24. The van der Waals surface area contributed by atoms with E-state index in [0.29, 0.717) is 6.04 Å². The van der Waals surface area contributed by atoms with Gasteiger partial charge in [-0.2, -0.15) is 0 Å². The molecule has 3 aromatic rings.